The van der Waals surface area contributed by atoms with E-state index in [9.17, 15) is 4.39 Å². The third-order valence-electron chi connectivity index (χ3n) is 4.28. The molecule has 1 aliphatic rings. The molecule has 2 aromatic rings. The maximum Gasteiger partial charge on any atom is 0.123 e. The number of para-hydroxylation sites is 1. The number of ether oxygens (including phenoxy) is 1. The summed E-state index contributed by atoms with van der Waals surface area (Å²) in [5, 5.41) is 12.5. The molecule has 1 atom stereocenters. The smallest absolute Gasteiger partial charge is 0.123 e. The number of benzene rings is 2. The summed E-state index contributed by atoms with van der Waals surface area (Å²) in [6.07, 6.45) is 3.07. The molecule has 0 aromatic heterocycles. The molecule has 2 aromatic carbocycles. The van der Waals surface area contributed by atoms with Gasteiger partial charge in [0.05, 0.1) is 6.61 Å². The third-order valence-corrected chi connectivity index (χ3v) is 4.28. The molecule has 0 radical (unpaired) electrons. The summed E-state index contributed by atoms with van der Waals surface area (Å²) in [7, 11) is 0. The van der Waals surface area contributed by atoms with E-state index in [1.165, 1.54) is 11.6 Å². The van der Waals surface area contributed by atoms with Crippen LogP contribution in [0.15, 0.2) is 42.5 Å². The minimum absolute atomic E-state index is 0.00330. The van der Waals surface area contributed by atoms with Crippen molar-refractivity contribution in [2.75, 3.05) is 13.2 Å². The summed E-state index contributed by atoms with van der Waals surface area (Å²) in [4.78, 5) is 0. The SMILES string of the molecule is OCCOc1ccccc1CNC1CCCc2cc(F)ccc21. The fraction of sp³-hybridized carbons (Fsp3) is 0.368. The summed E-state index contributed by atoms with van der Waals surface area (Å²) in [6.45, 7) is 0.981. The predicted octanol–water partition coefficient (Wildman–Crippen LogP) is 3.36. The molecular weight excluding hydrogens is 293 g/mol. The monoisotopic (exact) mass is 315 g/mol. The molecule has 1 unspecified atom stereocenters. The number of rotatable bonds is 6. The standard InChI is InChI=1S/C19H22FNO2/c20-16-8-9-17-14(12-16)5-3-6-18(17)21-13-15-4-1-2-7-19(15)23-11-10-22/h1-2,4,7-9,12,18,21-22H,3,5-6,10-11,13H2. The van der Waals surface area contributed by atoms with Crippen molar-refractivity contribution in [1.29, 1.82) is 0 Å². The van der Waals surface area contributed by atoms with Gasteiger partial charge >= 0.3 is 0 Å². The minimum Gasteiger partial charge on any atom is -0.491 e. The number of nitrogens with one attached hydrogen (secondary N) is 1. The Morgan fingerprint density at radius 1 is 1.22 bits per heavy atom. The molecule has 1 aliphatic carbocycles. The Labute approximate surface area is 136 Å². The van der Waals surface area contributed by atoms with Crippen LogP contribution in [0.4, 0.5) is 4.39 Å². The van der Waals surface area contributed by atoms with E-state index >= 15 is 0 Å². The molecule has 2 N–H and O–H groups in total. The lowest BCUT2D eigenvalue weighted by Gasteiger charge is -2.27. The van der Waals surface area contributed by atoms with Gasteiger partial charge in [0.2, 0.25) is 0 Å². The lowest BCUT2D eigenvalue weighted by atomic mass is 9.87. The Morgan fingerprint density at radius 3 is 2.96 bits per heavy atom. The average Bonchev–Trinajstić information content (AvgIpc) is 2.58. The number of aliphatic hydroxyl groups excluding tert-OH is 1. The number of hydrogen-bond acceptors (Lipinski definition) is 3. The van der Waals surface area contributed by atoms with Crippen molar-refractivity contribution in [3.63, 3.8) is 0 Å². The molecule has 4 heteroatoms. The summed E-state index contributed by atoms with van der Waals surface area (Å²) >= 11 is 0. The molecule has 122 valence electrons. The van der Waals surface area contributed by atoms with E-state index in [1.54, 1.807) is 6.07 Å². The second kappa shape index (κ2) is 7.57. The third kappa shape index (κ3) is 3.89. The van der Waals surface area contributed by atoms with Crippen molar-refractivity contribution in [3.8, 4) is 5.75 Å². The molecular formula is C19H22FNO2. The van der Waals surface area contributed by atoms with Gasteiger partial charge in [0.1, 0.15) is 18.2 Å². The van der Waals surface area contributed by atoms with Crippen LogP contribution in [-0.2, 0) is 13.0 Å². The summed E-state index contributed by atoms with van der Waals surface area (Å²) in [6, 6.07) is 13.2. The van der Waals surface area contributed by atoms with Crippen molar-refractivity contribution in [1.82, 2.24) is 5.32 Å². The molecule has 0 saturated carbocycles. The van der Waals surface area contributed by atoms with Gasteiger partial charge in [0.25, 0.3) is 0 Å². The predicted molar refractivity (Wildman–Crippen MR) is 87.9 cm³/mol. The molecule has 0 aliphatic heterocycles. The van der Waals surface area contributed by atoms with Crippen LogP contribution < -0.4 is 10.1 Å². The van der Waals surface area contributed by atoms with Crippen LogP contribution in [0, 0.1) is 5.82 Å². The number of fused-ring (bicyclic) bond motifs is 1. The Bertz CT molecular complexity index is 660. The van der Waals surface area contributed by atoms with Crippen molar-refractivity contribution in [2.24, 2.45) is 0 Å². The minimum atomic E-state index is -0.160. The topological polar surface area (TPSA) is 41.5 Å². The molecule has 0 spiro atoms. The number of aliphatic hydroxyl groups is 1. The first kappa shape index (κ1) is 16.0. The fourth-order valence-corrected chi connectivity index (χ4v) is 3.17. The van der Waals surface area contributed by atoms with E-state index in [2.05, 4.69) is 5.32 Å². The van der Waals surface area contributed by atoms with E-state index in [0.29, 0.717) is 13.2 Å². The highest BCUT2D eigenvalue weighted by atomic mass is 19.1. The van der Waals surface area contributed by atoms with E-state index in [4.69, 9.17) is 9.84 Å². The molecule has 3 nitrogen and oxygen atoms in total. The van der Waals surface area contributed by atoms with Crippen LogP contribution >= 0.6 is 0 Å². The molecule has 0 saturated heterocycles. The van der Waals surface area contributed by atoms with Gasteiger partial charge in [0, 0.05) is 18.2 Å². The van der Waals surface area contributed by atoms with Crippen molar-refractivity contribution in [2.45, 2.75) is 31.8 Å². The highest BCUT2D eigenvalue weighted by Crippen LogP contribution is 2.31. The molecule has 0 bridgehead atoms. The first-order valence-electron chi connectivity index (χ1n) is 8.11. The van der Waals surface area contributed by atoms with Gasteiger partial charge < -0.3 is 15.2 Å². The van der Waals surface area contributed by atoms with E-state index in [-0.39, 0.29) is 18.5 Å². The number of aryl methyl sites for hydroxylation is 1. The van der Waals surface area contributed by atoms with Gasteiger partial charge in [-0.1, -0.05) is 24.3 Å². The average molecular weight is 315 g/mol. The Kier molecular flexibility index (Phi) is 5.26. The summed E-state index contributed by atoms with van der Waals surface area (Å²) in [5.74, 6) is 0.635. The molecule has 0 amide bonds. The highest BCUT2D eigenvalue weighted by Gasteiger charge is 2.20. The van der Waals surface area contributed by atoms with Crippen molar-refractivity contribution in [3.05, 3.63) is 65.0 Å². The van der Waals surface area contributed by atoms with Gasteiger partial charge in [-0.25, -0.2) is 4.39 Å². The fourth-order valence-electron chi connectivity index (χ4n) is 3.17. The Hall–Kier alpha value is -1.91. The Morgan fingerprint density at radius 2 is 2.09 bits per heavy atom. The van der Waals surface area contributed by atoms with Crippen LogP contribution in [0.5, 0.6) is 5.75 Å². The van der Waals surface area contributed by atoms with Crippen molar-refractivity contribution >= 4 is 0 Å². The van der Waals surface area contributed by atoms with Crippen LogP contribution in [0.3, 0.4) is 0 Å². The second-order valence-electron chi connectivity index (χ2n) is 5.85. The summed E-state index contributed by atoms with van der Waals surface area (Å²) < 4.78 is 19.0. The van der Waals surface area contributed by atoms with Gasteiger partial charge in [-0.2, -0.15) is 0 Å². The molecule has 3 rings (SSSR count). The molecule has 0 fully saturated rings. The summed E-state index contributed by atoms with van der Waals surface area (Å²) in [5.41, 5.74) is 3.38. The van der Waals surface area contributed by atoms with Crippen molar-refractivity contribution < 1.29 is 14.2 Å². The zero-order valence-electron chi connectivity index (χ0n) is 13.1. The maximum atomic E-state index is 13.4. The van der Waals surface area contributed by atoms with Gasteiger partial charge in [0.15, 0.2) is 0 Å². The van der Waals surface area contributed by atoms with Gasteiger partial charge in [-0.15, -0.1) is 0 Å². The number of hydrogen-bond donors (Lipinski definition) is 2. The lowest BCUT2D eigenvalue weighted by Crippen LogP contribution is -2.25. The second-order valence-corrected chi connectivity index (χ2v) is 5.85. The lowest BCUT2D eigenvalue weighted by molar-refractivity contribution is 0.200. The van der Waals surface area contributed by atoms with Crippen LogP contribution in [0.25, 0.3) is 0 Å². The van der Waals surface area contributed by atoms with Crippen LogP contribution in [0.2, 0.25) is 0 Å². The van der Waals surface area contributed by atoms with Gasteiger partial charge in [-0.05, 0) is 48.6 Å². The van der Waals surface area contributed by atoms with Gasteiger partial charge in [-0.3, -0.25) is 0 Å². The molecule has 0 heterocycles. The first-order chi connectivity index (χ1) is 11.3. The van der Waals surface area contributed by atoms with E-state index in [0.717, 1.165) is 36.1 Å². The zero-order valence-corrected chi connectivity index (χ0v) is 13.1. The largest absolute Gasteiger partial charge is 0.491 e. The first-order valence-corrected chi connectivity index (χ1v) is 8.11. The maximum absolute atomic E-state index is 13.4. The van der Waals surface area contributed by atoms with Crippen LogP contribution in [0.1, 0.15) is 35.6 Å². The quantitative estimate of drug-likeness (QED) is 0.859. The zero-order chi connectivity index (χ0) is 16.1. The van der Waals surface area contributed by atoms with Crippen LogP contribution in [-0.4, -0.2) is 18.3 Å². The highest BCUT2D eigenvalue weighted by molar-refractivity contribution is 5.35. The van der Waals surface area contributed by atoms with E-state index in [1.807, 2.05) is 30.3 Å². The Balaban J connectivity index is 1.70. The number of halogens is 1. The normalized spacial score (nSPS) is 16.9. The molecule has 23 heavy (non-hydrogen) atoms. The van der Waals surface area contributed by atoms with E-state index < -0.39 is 0 Å².